The normalized spacial score (nSPS) is 14.4. The Morgan fingerprint density at radius 3 is 2.68 bits per heavy atom. The van der Waals surface area contributed by atoms with Crippen LogP contribution >= 0.6 is 0 Å². The summed E-state index contributed by atoms with van der Waals surface area (Å²) in [6.45, 7) is 1.49. The van der Waals surface area contributed by atoms with Gasteiger partial charge in [-0.1, -0.05) is 12.1 Å². The Balaban J connectivity index is 1.98. The molecule has 0 aliphatic carbocycles. The highest BCUT2D eigenvalue weighted by molar-refractivity contribution is 6.07. The quantitative estimate of drug-likeness (QED) is 0.816. The molecule has 1 aromatic heterocycles. The number of amides is 1. The van der Waals surface area contributed by atoms with Crippen LogP contribution in [-0.4, -0.2) is 31.0 Å². The number of nitrogens with two attached hydrogens (primary N) is 1. The van der Waals surface area contributed by atoms with Crippen LogP contribution in [0.1, 0.15) is 10.5 Å². The molecule has 19 heavy (non-hydrogen) atoms. The standard InChI is InChI=1S/C14H16N4O/c1-17-6-7-18(13-5-3-2-4-12(13)17)14(19)11-8-10(15)9-16-11/h2-5,8-9,16H,6-7,15H2,1H3. The molecule has 1 aliphatic rings. The van der Waals surface area contributed by atoms with Crippen molar-refractivity contribution in [3.63, 3.8) is 0 Å². The molecule has 0 saturated heterocycles. The first-order chi connectivity index (χ1) is 9.16. The van der Waals surface area contributed by atoms with Gasteiger partial charge in [-0.2, -0.15) is 0 Å². The lowest BCUT2D eigenvalue weighted by Crippen LogP contribution is -2.42. The average Bonchev–Trinajstić information content (AvgIpc) is 2.86. The van der Waals surface area contributed by atoms with Crippen molar-refractivity contribution in [2.75, 3.05) is 35.7 Å². The molecule has 98 valence electrons. The number of rotatable bonds is 1. The zero-order chi connectivity index (χ0) is 13.4. The number of carbonyl (C=O) groups excluding carboxylic acids is 1. The van der Waals surface area contributed by atoms with Crippen LogP contribution < -0.4 is 15.5 Å². The van der Waals surface area contributed by atoms with E-state index in [1.54, 1.807) is 17.2 Å². The van der Waals surface area contributed by atoms with Crippen LogP contribution in [0.2, 0.25) is 0 Å². The van der Waals surface area contributed by atoms with Gasteiger partial charge in [-0.3, -0.25) is 4.79 Å². The summed E-state index contributed by atoms with van der Waals surface area (Å²) in [4.78, 5) is 19.4. The highest BCUT2D eigenvalue weighted by Gasteiger charge is 2.26. The summed E-state index contributed by atoms with van der Waals surface area (Å²) >= 11 is 0. The first kappa shape index (κ1) is 11.6. The number of nitrogens with zero attached hydrogens (tertiary/aromatic N) is 2. The average molecular weight is 256 g/mol. The molecule has 5 heteroatoms. The number of benzene rings is 1. The maximum absolute atomic E-state index is 12.5. The van der Waals surface area contributed by atoms with Crippen LogP contribution in [-0.2, 0) is 0 Å². The molecular formula is C14H16N4O. The van der Waals surface area contributed by atoms with Gasteiger partial charge in [-0.25, -0.2) is 0 Å². The van der Waals surface area contributed by atoms with Gasteiger partial charge in [0.1, 0.15) is 5.69 Å². The third-order valence-electron chi connectivity index (χ3n) is 3.42. The minimum absolute atomic E-state index is 0.0442. The summed E-state index contributed by atoms with van der Waals surface area (Å²) in [5.41, 5.74) is 8.76. The van der Waals surface area contributed by atoms with Crippen molar-refractivity contribution < 1.29 is 4.79 Å². The first-order valence-electron chi connectivity index (χ1n) is 6.23. The fourth-order valence-electron chi connectivity index (χ4n) is 2.40. The monoisotopic (exact) mass is 256 g/mol. The predicted octanol–water partition coefficient (Wildman–Crippen LogP) is 1.69. The van der Waals surface area contributed by atoms with Gasteiger partial charge in [0, 0.05) is 32.0 Å². The minimum atomic E-state index is -0.0442. The number of H-pyrrole nitrogens is 1. The first-order valence-corrected chi connectivity index (χ1v) is 6.23. The second kappa shape index (κ2) is 4.35. The van der Waals surface area contributed by atoms with E-state index in [2.05, 4.69) is 9.88 Å². The summed E-state index contributed by atoms with van der Waals surface area (Å²) in [7, 11) is 2.03. The second-order valence-electron chi connectivity index (χ2n) is 4.71. The number of aromatic nitrogens is 1. The molecule has 0 bridgehead atoms. The summed E-state index contributed by atoms with van der Waals surface area (Å²) in [6.07, 6.45) is 1.63. The zero-order valence-electron chi connectivity index (χ0n) is 10.8. The molecular weight excluding hydrogens is 240 g/mol. The van der Waals surface area contributed by atoms with Crippen LogP contribution in [0.5, 0.6) is 0 Å². The molecule has 1 aromatic carbocycles. The molecule has 2 aromatic rings. The lowest BCUT2D eigenvalue weighted by atomic mass is 10.1. The van der Waals surface area contributed by atoms with Crippen molar-refractivity contribution in [1.29, 1.82) is 0 Å². The molecule has 3 N–H and O–H groups in total. The minimum Gasteiger partial charge on any atom is -0.397 e. The highest BCUT2D eigenvalue weighted by atomic mass is 16.2. The molecule has 0 radical (unpaired) electrons. The number of fused-ring (bicyclic) bond motifs is 1. The van der Waals surface area contributed by atoms with Gasteiger partial charge in [-0.05, 0) is 18.2 Å². The van der Waals surface area contributed by atoms with Crippen LogP contribution in [0.3, 0.4) is 0 Å². The number of likely N-dealkylation sites (N-methyl/N-ethyl adjacent to an activating group) is 1. The van der Waals surface area contributed by atoms with E-state index in [0.29, 0.717) is 17.9 Å². The molecule has 0 fully saturated rings. The van der Waals surface area contributed by atoms with Gasteiger partial charge in [0.2, 0.25) is 0 Å². The van der Waals surface area contributed by atoms with Crippen molar-refractivity contribution in [2.24, 2.45) is 0 Å². The zero-order valence-corrected chi connectivity index (χ0v) is 10.8. The van der Waals surface area contributed by atoms with E-state index in [9.17, 15) is 4.79 Å². The molecule has 0 saturated carbocycles. The van der Waals surface area contributed by atoms with Gasteiger partial charge < -0.3 is 20.5 Å². The molecule has 0 unspecified atom stereocenters. The maximum Gasteiger partial charge on any atom is 0.274 e. The van der Waals surface area contributed by atoms with Crippen molar-refractivity contribution in [1.82, 2.24) is 4.98 Å². The second-order valence-corrected chi connectivity index (χ2v) is 4.71. The Morgan fingerprint density at radius 2 is 2.00 bits per heavy atom. The van der Waals surface area contributed by atoms with E-state index >= 15 is 0 Å². The Hall–Kier alpha value is -2.43. The topological polar surface area (TPSA) is 65.4 Å². The summed E-state index contributed by atoms with van der Waals surface area (Å²) in [6, 6.07) is 9.59. The van der Waals surface area contributed by atoms with Crippen molar-refractivity contribution in [3.8, 4) is 0 Å². The molecule has 3 rings (SSSR count). The van der Waals surface area contributed by atoms with Gasteiger partial charge >= 0.3 is 0 Å². The number of hydrogen-bond acceptors (Lipinski definition) is 3. The molecule has 2 heterocycles. The number of hydrogen-bond donors (Lipinski definition) is 2. The number of aromatic amines is 1. The van der Waals surface area contributed by atoms with Crippen LogP contribution in [0.4, 0.5) is 17.1 Å². The molecule has 5 nitrogen and oxygen atoms in total. The van der Waals surface area contributed by atoms with Gasteiger partial charge in [0.15, 0.2) is 0 Å². The van der Waals surface area contributed by atoms with Gasteiger partial charge in [0.05, 0.1) is 11.4 Å². The van der Waals surface area contributed by atoms with Crippen molar-refractivity contribution in [3.05, 3.63) is 42.2 Å². The van der Waals surface area contributed by atoms with Gasteiger partial charge in [0.25, 0.3) is 5.91 Å². The van der Waals surface area contributed by atoms with Crippen LogP contribution in [0.25, 0.3) is 0 Å². The third-order valence-corrected chi connectivity index (χ3v) is 3.42. The maximum atomic E-state index is 12.5. The van der Waals surface area contributed by atoms with E-state index in [0.717, 1.165) is 17.9 Å². The summed E-state index contributed by atoms with van der Waals surface area (Å²) < 4.78 is 0. The van der Waals surface area contributed by atoms with Crippen LogP contribution in [0, 0.1) is 0 Å². The fraction of sp³-hybridized carbons (Fsp3) is 0.214. The van der Waals surface area contributed by atoms with Crippen molar-refractivity contribution >= 4 is 23.0 Å². The number of nitrogen functional groups attached to an aromatic ring is 1. The summed E-state index contributed by atoms with van der Waals surface area (Å²) in [5.74, 6) is -0.0442. The van der Waals surface area contributed by atoms with E-state index in [1.165, 1.54) is 0 Å². The van der Waals surface area contributed by atoms with Gasteiger partial charge in [-0.15, -0.1) is 0 Å². The third kappa shape index (κ3) is 1.93. The van der Waals surface area contributed by atoms with Crippen LogP contribution in [0.15, 0.2) is 36.5 Å². The van der Waals surface area contributed by atoms with E-state index in [1.807, 2.05) is 31.3 Å². The lowest BCUT2D eigenvalue weighted by Gasteiger charge is -2.35. The highest BCUT2D eigenvalue weighted by Crippen LogP contribution is 2.32. The predicted molar refractivity (Wildman–Crippen MR) is 76.6 cm³/mol. The largest absolute Gasteiger partial charge is 0.397 e. The number of nitrogens with one attached hydrogen (secondary N) is 1. The fourth-order valence-corrected chi connectivity index (χ4v) is 2.40. The number of anilines is 3. The van der Waals surface area contributed by atoms with E-state index in [4.69, 9.17) is 5.73 Å². The molecule has 0 spiro atoms. The number of para-hydroxylation sites is 2. The number of carbonyl (C=O) groups is 1. The van der Waals surface area contributed by atoms with E-state index in [-0.39, 0.29) is 5.91 Å². The molecule has 0 atom stereocenters. The lowest BCUT2D eigenvalue weighted by molar-refractivity contribution is 0.0982. The Kier molecular flexibility index (Phi) is 2.67. The van der Waals surface area contributed by atoms with E-state index < -0.39 is 0 Å². The smallest absolute Gasteiger partial charge is 0.274 e. The van der Waals surface area contributed by atoms with Crippen molar-refractivity contribution in [2.45, 2.75) is 0 Å². The Bertz CT molecular complexity index is 619. The summed E-state index contributed by atoms with van der Waals surface area (Å²) in [5, 5.41) is 0. The Labute approximate surface area is 111 Å². The SMILES string of the molecule is CN1CCN(C(=O)c2cc(N)c[nH]2)c2ccccc21. The molecule has 1 amide bonds. The molecule has 1 aliphatic heterocycles. The Morgan fingerprint density at radius 1 is 1.26 bits per heavy atom.